The van der Waals surface area contributed by atoms with Crippen molar-refractivity contribution >= 4 is 0 Å². The number of hydrogen-bond acceptors (Lipinski definition) is 2. The molecular weight excluding hydrogens is 246 g/mol. The average Bonchev–Trinajstić information content (AvgIpc) is 2.41. The van der Waals surface area contributed by atoms with Gasteiger partial charge in [-0.1, -0.05) is 35.9 Å². The molecule has 1 unspecified atom stereocenters. The zero-order valence-corrected chi connectivity index (χ0v) is 12.9. The molecule has 2 aromatic rings. The number of benzene rings is 2. The minimum Gasteiger partial charge on any atom is -0.496 e. The third-order valence-corrected chi connectivity index (χ3v) is 4.01. The molecular formula is C18H23NO. The molecule has 0 aromatic heterocycles. The number of ether oxygens (including phenoxy) is 1. The molecule has 0 amide bonds. The first-order valence-corrected chi connectivity index (χ1v) is 6.92. The topological polar surface area (TPSA) is 35.2 Å². The number of nitrogens with two attached hydrogens (primary N) is 1. The van der Waals surface area contributed by atoms with Crippen LogP contribution in [0.5, 0.6) is 5.75 Å². The summed E-state index contributed by atoms with van der Waals surface area (Å²) in [5.74, 6) is 0.900. The summed E-state index contributed by atoms with van der Waals surface area (Å²) in [6.07, 6.45) is 0. The van der Waals surface area contributed by atoms with Gasteiger partial charge in [0.15, 0.2) is 0 Å². The summed E-state index contributed by atoms with van der Waals surface area (Å²) in [6, 6.07) is 10.4. The minimum absolute atomic E-state index is 0.162. The molecule has 0 aliphatic rings. The molecule has 0 bridgehead atoms. The molecule has 0 aliphatic heterocycles. The average molecular weight is 269 g/mol. The monoisotopic (exact) mass is 269 g/mol. The van der Waals surface area contributed by atoms with E-state index in [4.69, 9.17) is 10.5 Å². The fraction of sp³-hybridized carbons (Fsp3) is 0.333. The molecule has 2 nitrogen and oxygen atoms in total. The molecule has 0 saturated carbocycles. The van der Waals surface area contributed by atoms with Crippen molar-refractivity contribution in [1.82, 2.24) is 0 Å². The molecule has 0 aliphatic carbocycles. The Morgan fingerprint density at radius 1 is 0.900 bits per heavy atom. The van der Waals surface area contributed by atoms with Crippen LogP contribution in [0.4, 0.5) is 0 Å². The van der Waals surface area contributed by atoms with Gasteiger partial charge in [0.2, 0.25) is 0 Å². The van der Waals surface area contributed by atoms with Crippen LogP contribution >= 0.6 is 0 Å². The molecule has 2 rings (SSSR count). The van der Waals surface area contributed by atoms with Crippen molar-refractivity contribution in [3.05, 3.63) is 63.7 Å². The lowest BCUT2D eigenvalue weighted by molar-refractivity contribution is 0.404. The van der Waals surface area contributed by atoms with E-state index in [2.05, 4.69) is 58.0 Å². The van der Waals surface area contributed by atoms with Crippen LogP contribution in [0.1, 0.15) is 39.4 Å². The zero-order valence-electron chi connectivity index (χ0n) is 12.9. The summed E-state index contributed by atoms with van der Waals surface area (Å²) in [6.45, 7) is 8.37. The van der Waals surface area contributed by atoms with Crippen molar-refractivity contribution < 1.29 is 4.74 Å². The Kier molecular flexibility index (Phi) is 4.15. The Labute approximate surface area is 121 Å². The highest BCUT2D eigenvalue weighted by Crippen LogP contribution is 2.33. The van der Waals surface area contributed by atoms with Crippen LogP contribution < -0.4 is 10.5 Å². The molecule has 2 N–H and O–H groups in total. The highest BCUT2D eigenvalue weighted by Gasteiger charge is 2.18. The Morgan fingerprint density at radius 2 is 1.55 bits per heavy atom. The summed E-state index contributed by atoms with van der Waals surface area (Å²) in [4.78, 5) is 0. The number of rotatable bonds is 3. The van der Waals surface area contributed by atoms with Gasteiger partial charge in [0, 0.05) is 5.56 Å². The van der Waals surface area contributed by atoms with Crippen LogP contribution in [0, 0.1) is 27.7 Å². The normalized spacial score (nSPS) is 12.3. The van der Waals surface area contributed by atoms with Crippen LogP contribution in [-0.4, -0.2) is 7.11 Å². The van der Waals surface area contributed by atoms with Crippen LogP contribution in [0.3, 0.4) is 0 Å². The first kappa shape index (κ1) is 14.6. The predicted molar refractivity (Wildman–Crippen MR) is 84.4 cm³/mol. The van der Waals surface area contributed by atoms with Gasteiger partial charge in [-0.05, 0) is 49.9 Å². The summed E-state index contributed by atoms with van der Waals surface area (Å²) in [5, 5.41) is 0. The van der Waals surface area contributed by atoms with Crippen molar-refractivity contribution in [2.45, 2.75) is 33.7 Å². The van der Waals surface area contributed by atoms with Crippen molar-refractivity contribution in [2.75, 3.05) is 7.11 Å². The highest BCUT2D eigenvalue weighted by atomic mass is 16.5. The van der Waals surface area contributed by atoms with E-state index in [0.717, 1.165) is 22.4 Å². The van der Waals surface area contributed by atoms with Gasteiger partial charge in [-0.15, -0.1) is 0 Å². The lowest BCUT2D eigenvalue weighted by atomic mass is 9.92. The molecule has 106 valence electrons. The first-order chi connectivity index (χ1) is 9.45. The fourth-order valence-corrected chi connectivity index (χ4v) is 2.67. The summed E-state index contributed by atoms with van der Waals surface area (Å²) < 4.78 is 5.58. The number of aryl methyl sites for hydroxylation is 3. The third kappa shape index (κ3) is 2.56. The second kappa shape index (κ2) is 5.68. The van der Waals surface area contributed by atoms with E-state index in [1.807, 2.05) is 0 Å². The molecule has 0 fully saturated rings. The van der Waals surface area contributed by atoms with Gasteiger partial charge in [-0.3, -0.25) is 0 Å². The summed E-state index contributed by atoms with van der Waals surface area (Å²) in [7, 11) is 1.71. The summed E-state index contributed by atoms with van der Waals surface area (Å²) >= 11 is 0. The smallest absolute Gasteiger partial charge is 0.127 e. The van der Waals surface area contributed by atoms with Gasteiger partial charge in [0.1, 0.15) is 5.75 Å². The maximum atomic E-state index is 6.48. The van der Waals surface area contributed by atoms with Crippen LogP contribution in [0.15, 0.2) is 30.3 Å². The van der Waals surface area contributed by atoms with E-state index in [1.165, 1.54) is 16.7 Å². The van der Waals surface area contributed by atoms with Crippen LogP contribution in [0.2, 0.25) is 0 Å². The van der Waals surface area contributed by atoms with Gasteiger partial charge in [-0.25, -0.2) is 0 Å². The molecule has 0 heterocycles. The largest absolute Gasteiger partial charge is 0.496 e. The van der Waals surface area contributed by atoms with Gasteiger partial charge < -0.3 is 10.5 Å². The molecule has 20 heavy (non-hydrogen) atoms. The maximum Gasteiger partial charge on any atom is 0.127 e. The SMILES string of the molecule is COc1c(C(N)c2ccc(C)cc2C)ccc(C)c1C. The Morgan fingerprint density at radius 3 is 2.15 bits per heavy atom. The molecule has 1 atom stereocenters. The van der Waals surface area contributed by atoms with E-state index in [0.29, 0.717) is 0 Å². The van der Waals surface area contributed by atoms with E-state index >= 15 is 0 Å². The Bertz CT molecular complexity index is 632. The first-order valence-electron chi connectivity index (χ1n) is 6.92. The van der Waals surface area contributed by atoms with Crippen molar-refractivity contribution in [3.63, 3.8) is 0 Å². The standard InChI is InChI=1S/C18H23NO/c1-11-6-8-15(13(3)10-11)17(19)16-9-7-12(2)14(4)18(16)20-5/h6-10,17H,19H2,1-5H3. The zero-order chi connectivity index (χ0) is 14.9. The maximum absolute atomic E-state index is 6.48. The van der Waals surface area contributed by atoms with Crippen LogP contribution in [0.25, 0.3) is 0 Å². The molecule has 0 radical (unpaired) electrons. The highest BCUT2D eigenvalue weighted by molar-refractivity contribution is 5.50. The second-order valence-electron chi connectivity index (χ2n) is 5.47. The quantitative estimate of drug-likeness (QED) is 0.914. The van der Waals surface area contributed by atoms with Crippen molar-refractivity contribution in [1.29, 1.82) is 0 Å². The fourth-order valence-electron chi connectivity index (χ4n) is 2.67. The van der Waals surface area contributed by atoms with E-state index in [-0.39, 0.29) is 6.04 Å². The van der Waals surface area contributed by atoms with E-state index in [9.17, 15) is 0 Å². The van der Waals surface area contributed by atoms with E-state index in [1.54, 1.807) is 7.11 Å². The van der Waals surface area contributed by atoms with Gasteiger partial charge in [-0.2, -0.15) is 0 Å². The van der Waals surface area contributed by atoms with Gasteiger partial charge in [0.05, 0.1) is 13.2 Å². The number of methoxy groups -OCH3 is 1. The molecule has 2 heteroatoms. The van der Waals surface area contributed by atoms with Crippen LogP contribution in [-0.2, 0) is 0 Å². The summed E-state index contributed by atoms with van der Waals surface area (Å²) in [5.41, 5.74) is 13.5. The van der Waals surface area contributed by atoms with Gasteiger partial charge >= 0.3 is 0 Å². The van der Waals surface area contributed by atoms with Gasteiger partial charge in [0.25, 0.3) is 0 Å². The molecule has 0 spiro atoms. The Balaban J connectivity index is 2.53. The third-order valence-electron chi connectivity index (χ3n) is 4.01. The molecule has 0 saturated heterocycles. The number of hydrogen-bond donors (Lipinski definition) is 1. The Hall–Kier alpha value is -1.80. The van der Waals surface area contributed by atoms with Crippen molar-refractivity contribution in [3.8, 4) is 5.75 Å². The molecule has 2 aromatic carbocycles. The van der Waals surface area contributed by atoms with E-state index < -0.39 is 0 Å². The van der Waals surface area contributed by atoms with Crippen molar-refractivity contribution in [2.24, 2.45) is 5.73 Å². The second-order valence-corrected chi connectivity index (χ2v) is 5.47. The lowest BCUT2D eigenvalue weighted by Crippen LogP contribution is -2.15. The predicted octanol–water partition coefficient (Wildman–Crippen LogP) is 3.98. The minimum atomic E-state index is -0.162. The lowest BCUT2D eigenvalue weighted by Gasteiger charge is -2.20.